The summed E-state index contributed by atoms with van der Waals surface area (Å²) in [6, 6.07) is 7.92. The van der Waals surface area contributed by atoms with Gasteiger partial charge in [-0.15, -0.1) is 12.4 Å². The van der Waals surface area contributed by atoms with Crippen molar-refractivity contribution in [3.05, 3.63) is 41.7 Å². The van der Waals surface area contributed by atoms with Gasteiger partial charge < -0.3 is 4.74 Å². The van der Waals surface area contributed by atoms with Gasteiger partial charge in [0, 0.05) is 39.4 Å². The van der Waals surface area contributed by atoms with Crippen LogP contribution in [0.5, 0.6) is 0 Å². The summed E-state index contributed by atoms with van der Waals surface area (Å²) >= 11 is 1.55. The summed E-state index contributed by atoms with van der Waals surface area (Å²) in [5, 5.41) is 5.01. The highest BCUT2D eigenvalue weighted by atomic mass is 35.5. The van der Waals surface area contributed by atoms with Gasteiger partial charge in [-0.2, -0.15) is 5.10 Å². The van der Waals surface area contributed by atoms with Gasteiger partial charge in [-0.1, -0.05) is 17.4 Å². The Morgan fingerprint density at radius 2 is 2.07 bits per heavy atom. The van der Waals surface area contributed by atoms with Crippen LogP contribution in [0.25, 0.3) is 10.2 Å². The number of hydrogen-bond acceptors (Lipinski definition) is 6. The molecule has 0 saturated carbocycles. The summed E-state index contributed by atoms with van der Waals surface area (Å²) in [6.07, 6.45) is 1.79. The summed E-state index contributed by atoms with van der Waals surface area (Å²) in [6.45, 7) is 6.71. The lowest BCUT2D eigenvalue weighted by Crippen LogP contribution is -2.43. The molecule has 4 rings (SSSR count). The maximum Gasteiger partial charge on any atom is 0.280 e. The molecular formula is C19H24ClN5O2S. The molecule has 1 saturated heterocycles. The molecule has 1 aliphatic rings. The van der Waals surface area contributed by atoms with Crippen LogP contribution >= 0.6 is 23.7 Å². The molecule has 0 aliphatic carbocycles. The monoisotopic (exact) mass is 421 g/mol. The zero-order chi connectivity index (χ0) is 18.8. The Balaban J connectivity index is 0.00000225. The van der Waals surface area contributed by atoms with E-state index in [9.17, 15) is 4.79 Å². The SMILES string of the molecule is Cc1ccc2nc(N(CCN3CCOCC3)C(=O)c3ccn(C)n3)sc2c1.Cl. The predicted molar refractivity (Wildman–Crippen MR) is 114 cm³/mol. The minimum absolute atomic E-state index is 0. The number of ether oxygens (including phenoxy) is 1. The number of aryl methyl sites for hydroxylation is 2. The number of carbonyl (C=O) groups excluding carboxylic acids is 1. The molecule has 0 spiro atoms. The van der Waals surface area contributed by atoms with Gasteiger partial charge in [0.15, 0.2) is 10.8 Å². The van der Waals surface area contributed by atoms with E-state index in [1.54, 1.807) is 33.2 Å². The van der Waals surface area contributed by atoms with Gasteiger partial charge in [-0.05, 0) is 30.7 Å². The predicted octanol–water partition coefficient (Wildman–Crippen LogP) is 2.74. The van der Waals surface area contributed by atoms with Crippen molar-refractivity contribution in [3.8, 4) is 0 Å². The third-order valence-electron chi connectivity index (χ3n) is 4.68. The first-order valence-corrected chi connectivity index (χ1v) is 9.90. The number of anilines is 1. The van der Waals surface area contributed by atoms with Crippen molar-refractivity contribution in [2.75, 3.05) is 44.3 Å². The first-order chi connectivity index (χ1) is 13.1. The Bertz CT molecular complexity index is 951. The minimum atomic E-state index is -0.111. The molecule has 0 N–H and O–H groups in total. The number of amides is 1. The van der Waals surface area contributed by atoms with Crippen molar-refractivity contribution in [3.63, 3.8) is 0 Å². The van der Waals surface area contributed by atoms with E-state index in [1.807, 2.05) is 19.2 Å². The van der Waals surface area contributed by atoms with Crippen molar-refractivity contribution in [1.82, 2.24) is 19.7 Å². The fraction of sp³-hybridized carbons (Fsp3) is 0.421. The van der Waals surface area contributed by atoms with Crippen LogP contribution in [0.15, 0.2) is 30.5 Å². The summed E-state index contributed by atoms with van der Waals surface area (Å²) < 4.78 is 8.16. The number of rotatable bonds is 5. The normalized spacial score (nSPS) is 14.8. The van der Waals surface area contributed by atoms with Gasteiger partial charge >= 0.3 is 0 Å². The molecule has 28 heavy (non-hydrogen) atoms. The molecule has 150 valence electrons. The molecule has 2 aromatic heterocycles. The average molecular weight is 422 g/mol. The molecule has 9 heteroatoms. The fourth-order valence-corrected chi connectivity index (χ4v) is 4.24. The molecule has 7 nitrogen and oxygen atoms in total. The fourth-order valence-electron chi connectivity index (χ4n) is 3.15. The van der Waals surface area contributed by atoms with Crippen molar-refractivity contribution >= 4 is 45.0 Å². The number of benzene rings is 1. The van der Waals surface area contributed by atoms with Crippen LogP contribution in [-0.4, -0.2) is 65.0 Å². The number of halogens is 1. The van der Waals surface area contributed by atoms with Crippen LogP contribution in [0.4, 0.5) is 5.13 Å². The molecule has 3 aromatic rings. The average Bonchev–Trinajstić information content (AvgIpc) is 3.28. The zero-order valence-electron chi connectivity index (χ0n) is 16.0. The topological polar surface area (TPSA) is 63.5 Å². The smallest absolute Gasteiger partial charge is 0.280 e. The Labute approximate surface area is 174 Å². The summed E-state index contributed by atoms with van der Waals surface area (Å²) in [7, 11) is 1.81. The quantitative estimate of drug-likeness (QED) is 0.633. The first kappa shape index (κ1) is 20.7. The van der Waals surface area contributed by atoms with Crippen LogP contribution in [0.3, 0.4) is 0 Å². The number of morpholine rings is 1. The molecule has 3 heterocycles. The Hall–Kier alpha value is -2.00. The number of thiazole rings is 1. The van der Waals surface area contributed by atoms with Gasteiger partial charge in [-0.25, -0.2) is 4.98 Å². The highest BCUT2D eigenvalue weighted by Crippen LogP contribution is 2.30. The maximum absolute atomic E-state index is 13.1. The van der Waals surface area contributed by atoms with E-state index < -0.39 is 0 Å². The maximum atomic E-state index is 13.1. The molecular weight excluding hydrogens is 398 g/mol. The standard InChI is InChI=1S/C19H23N5O2S.ClH/c1-14-3-4-15-17(13-14)27-19(20-15)24(8-7-23-9-11-26-12-10-23)18(25)16-5-6-22(2)21-16;/h3-6,13H,7-12H2,1-2H3;1H. The van der Waals surface area contributed by atoms with Crippen LogP contribution in [0, 0.1) is 6.92 Å². The van der Waals surface area contributed by atoms with Crippen LogP contribution in [0.1, 0.15) is 16.1 Å². The Morgan fingerprint density at radius 3 is 2.79 bits per heavy atom. The highest BCUT2D eigenvalue weighted by molar-refractivity contribution is 7.22. The number of carbonyl (C=O) groups is 1. The molecule has 1 fully saturated rings. The van der Waals surface area contributed by atoms with Gasteiger partial charge in [0.1, 0.15) is 0 Å². The van der Waals surface area contributed by atoms with E-state index in [-0.39, 0.29) is 18.3 Å². The van der Waals surface area contributed by atoms with Crippen molar-refractivity contribution < 1.29 is 9.53 Å². The van der Waals surface area contributed by atoms with Crippen molar-refractivity contribution in [2.24, 2.45) is 7.05 Å². The second-order valence-corrected chi connectivity index (χ2v) is 7.76. The van der Waals surface area contributed by atoms with E-state index in [0.29, 0.717) is 12.2 Å². The van der Waals surface area contributed by atoms with Gasteiger partial charge in [0.25, 0.3) is 5.91 Å². The number of nitrogens with zero attached hydrogens (tertiary/aromatic N) is 5. The first-order valence-electron chi connectivity index (χ1n) is 9.09. The van der Waals surface area contributed by atoms with E-state index >= 15 is 0 Å². The molecule has 1 aliphatic heterocycles. The van der Waals surface area contributed by atoms with E-state index in [1.165, 1.54) is 5.56 Å². The van der Waals surface area contributed by atoms with E-state index in [2.05, 4.69) is 23.0 Å². The second kappa shape index (κ2) is 9.00. The van der Waals surface area contributed by atoms with E-state index in [0.717, 1.165) is 48.2 Å². The summed E-state index contributed by atoms with van der Waals surface area (Å²) in [4.78, 5) is 21.9. The Morgan fingerprint density at radius 1 is 1.29 bits per heavy atom. The molecule has 0 atom stereocenters. The zero-order valence-corrected chi connectivity index (χ0v) is 17.6. The molecule has 0 unspecified atom stereocenters. The second-order valence-electron chi connectivity index (χ2n) is 6.75. The number of hydrogen-bond donors (Lipinski definition) is 0. The largest absolute Gasteiger partial charge is 0.379 e. The summed E-state index contributed by atoms with van der Waals surface area (Å²) in [5.74, 6) is -0.111. The van der Waals surface area contributed by atoms with Crippen molar-refractivity contribution in [2.45, 2.75) is 6.92 Å². The third-order valence-corrected chi connectivity index (χ3v) is 5.73. The van der Waals surface area contributed by atoms with E-state index in [4.69, 9.17) is 9.72 Å². The lowest BCUT2D eigenvalue weighted by molar-refractivity contribution is 0.0391. The van der Waals surface area contributed by atoms with Gasteiger partial charge in [0.2, 0.25) is 0 Å². The number of aromatic nitrogens is 3. The summed E-state index contributed by atoms with van der Waals surface area (Å²) in [5.41, 5.74) is 2.55. The van der Waals surface area contributed by atoms with Gasteiger partial charge in [0.05, 0.1) is 23.4 Å². The number of fused-ring (bicyclic) bond motifs is 1. The highest BCUT2D eigenvalue weighted by Gasteiger charge is 2.24. The molecule has 1 amide bonds. The van der Waals surface area contributed by atoms with Gasteiger partial charge in [-0.3, -0.25) is 19.3 Å². The lowest BCUT2D eigenvalue weighted by Gasteiger charge is -2.29. The van der Waals surface area contributed by atoms with Crippen molar-refractivity contribution in [1.29, 1.82) is 0 Å². The molecule has 0 radical (unpaired) electrons. The minimum Gasteiger partial charge on any atom is -0.379 e. The van der Waals surface area contributed by atoms with Crippen LogP contribution < -0.4 is 4.90 Å². The lowest BCUT2D eigenvalue weighted by atomic mass is 10.2. The van der Waals surface area contributed by atoms with Crippen LogP contribution in [0.2, 0.25) is 0 Å². The molecule has 0 bridgehead atoms. The molecule has 1 aromatic carbocycles. The third kappa shape index (κ3) is 4.52. The Kier molecular flexibility index (Phi) is 6.66. The van der Waals surface area contributed by atoms with Crippen LogP contribution in [-0.2, 0) is 11.8 Å².